The highest BCUT2D eigenvalue weighted by Gasteiger charge is 2.13. The van der Waals surface area contributed by atoms with E-state index in [4.69, 9.17) is 0 Å². The molecule has 0 aliphatic carbocycles. The van der Waals surface area contributed by atoms with Crippen LogP contribution in [0.5, 0.6) is 5.88 Å². The summed E-state index contributed by atoms with van der Waals surface area (Å²) in [6.07, 6.45) is 3.28. The molecule has 15 heavy (non-hydrogen) atoms. The molecule has 0 aliphatic heterocycles. The van der Waals surface area contributed by atoms with Crippen molar-refractivity contribution in [2.45, 2.75) is 53.5 Å². The Morgan fingerprint density at radius 1 is 1.40 bits per heavy atom. The zero-order valence-electron chi connectivity index (χ0n) is 10.2. The summed E-state index contributed by atoms with van der Waals surface area (Å²) >= 11 is 0. The lowest BCUT2D eigenvalue weighted by atomic mass is 10.1. The molecule has 0 unspecified atom stereocenters. The van der Waals surface area contributed by atoms with Crippen LogP contribution >= 0.6 is 0 Å². The van der Waals surface area contributed by atoms with E-state index in [0.29, 0.717) is 11.8 Å². The van der Waals surface area contributed by atoms with Gasteiger partial charge in [-0.3, -0.25) is 0 Å². The van der Waals surface area contributed by atoms with Crippen molar-refractivity contribution >= 4 is 0 Å². The minimum Gasteiger partial charge on any atom is -0.493 e. The highest BCUT2D eigenvalue weighted by molar-refractivity contribution is 5.29. The van der Waals surface area contributed by atoms with Crippen LogP contribution in [0.25, 0.3) is 0 Å². The Morgan fingerprint density at radius 3 is 2.60 bits per heavy atom. The van der Waals surface area contributed by atoms with Crippen LogP contribution in [0.1, 0.15) is 44.9 Å². The molecule has 1 heterocycles. The Bertz CT molecular complexity index is 316. The summed E-state index contributed by atoms with van der Waals surface area (Å²) < 4.78 is 1.73. The van der Waals surface area contributed by atoms with Gasteiger partial charge in [-0.05, 0) is 25.7 Å². The number of aryl methyl sites for hydroxylation is 1. The average molecular weight is 210 g/mol. The van der Waals surface area contributed by atoms with Gasteiger partial charge in [-0.15, -0.1) is 0 Å². The summed E-state index contributed by atoms with van der Waals surface area (Å²) in [6.45, 7) is 9.16. The normalized spacial score (nSPS) is 11.3. The lowest BCUT2D eigenvalue weighted by Crippen LogP contribution is -2.06. The van der Waals surface area contributed by atoms with Crippen molar-refractivity contribution in [3.05, 3.63) is 11.3 Å². The summed E-state index contributed by atoms with van der Waals surface area (Å²) in [5.41, 5.74) is 2.00. The summed E-state index contributed by atoms with van der Waals surface area (Å²) in [4.78, 5) is 0. The first-order valence-corrected chi connectivity index (χ1v) is 5.81. The Labute approximate surface area is 92.1 Å². The van der Waals surface area contributed by atoms with E-state index in [-0.39, 0.29) is 0 Å². The molecule has 0 bridgehead atoms. The maximum atomic E-state index is 9.87. The molecule has 0 aliphatic rings. The SMILES string of the molecule is CCCCc1nn(CC(C)C)c(O)c1C. The third-order valence-electron chi connectivity index (χ3n) is 2.56. The second-order valence-electron chi connectivity index (χ2n) is 4.57. The number of aromatic nitrogens is 2. The lowest BCUT2D eigenvalue weighted by Gasteiger charge is -2.05. The highest BCUT2D eigenvalue weighted by atomic mass is 16.3. The van der Waals surface area contributed by atoms with Gasteiger partial charge in [0.25, 0.3) is 0 Å². The highest BCUT2D eigenvalue weighted by Crippen LogP contribution is 2.22. The molecule has 0 fully saturated rings. The van der Waals surface area contributed by atoms with E-state index >= 15 is 0 Å². The number of nitrogens with zero attached hydrogens (tertiary/aromatic N) is 2. The van der Waals surface area contributed by atoms with Gasteiger partial charge in [0.15, 0.2) is 0 Å². The van der Waals surface area contributed by atoms with Crippen molar-refractivity contribution in [2.75, 3.05) is 0 Å². The van der Waals surface area contributed by atoms with E-state index in [1.807, 2.05) is 6.92 Å². The van der Waals surface area contributed by atoms with Crippen LogP contribution in [0.2, 0.25) is 0 Å². The molecule has 0 amide bonds. The molecule has 0 atom stereocenters. The van der Waals surface area contributed by atoms with Gasteiger partial charge >= 0.3 is 0 Å². The molecular formula is C12H22N2O. The zero-order valence-corrected chi connectivity index (χ0v) is 10.2. The fraction of sp³-hybridized carbons (Fsp3) is 0.750. The summed E-state index contributed by atoms with van der Waals surface area (Å²) in [6, 6.07) is 0. The van der Waals surface area contributed by atoms with Crippen LogP contribution in [-0.2, 0) is 13.0 Å². The van der Waals surface area contributed by atoms with E-state index in [0.717, 1.165) is 37.1 Å². The van der Waals surface area contributed by atoms with Gasteiger partial charge in [-0.2, -0.15) is 5.10 Å². The van der Waals surface area contributed by atoms with Crippen LogP contribution in [0.15, 0.2) is 0 Å². The quantitative estimate of drug-likeness (QED) is 0.811. The number of rotatable bonds is 5. The van der Waals surface area contributed by atoms with Crippen molar-refractivity contribution in [3.8, 4) is 5.88 Å². The third kappa shape index (κ3) is 2.98. The molecule has 3 heteroatoms. The van der Waals surface area contributed by atoms with E-state index in [1.54, 1.807) is 4.68 Å². The predicted molar refractivity (Wildman–Crippen MR) is 62.1 cm³/mol. The standard InChI is InChI=1S/C12H22N2O/c1-5-6-7-11-10(4)12(15)14(13-11)8-9(2)3/h9,15H,5-8H2,1-4H3. The second kappa shape index (κ2) is 5.19. The van der Waals surface area contributed by atoms with Crippen molar-refractivity contribution in [2.24, 2.45) is 5.92 Å². The summed E-state index contributed by atoms with van der Waals surface area (Å²) in [5, 5.41) is 14.3. The molecular weight excluding hydrogens is 188 g/mol. The number of hydrogen-bond donors (Lipinski definition) is 1. The molecule has 1 aromatic heterocycles. The smallest absolute Gasteiger partial charge is 0.212 e. The van der Waals surface area contributed by atoms with Crippen molar-refractivity contribution in [1.29, 1.82) is 0 Å². The first-order chi connectivity index (χ1) is 7.06. The molecule has 1 rings (SSSR count). The van der Waals surface area contributed by atoms with E-state index in [2.05, 4.69) is 25.9 Å². The first kappa shape index (κ1) is 12.1. The lowest BCUT2D eigenvalue weighted by molar-refractivity contribution is 0.369. The fourth-order valence-corrected chi connectivity index (χ4v) is 1.65. The van der Waals surface area contributed by atoms with Gasteiger partial charge in [0.2, 0.25) is 5.88 Å². The van der Waals surface area contributed by atoms with Gasteiger partial charge < -0.3 is 5.11 Å². The Hall–Kier alpha value is -0.990. The van der Waals surface area contributed by atoms with Crippen LogP contribution in [0.4, 0.5) is 0 Å². The molecule has 0 spiro atoms. The van der Waals surface area contributed by atoms with Crippen molar-refractivity contribution in [3.63, 3.8) is 0 Å². The first-order valence-electron chi connectivity index (χ1n) is 5.81. The number of hydrogen-bond acceptors (Lipinski definition) is 2. The molecule has 3 nitrogen and oxygen atoms in total. The number of unbranched alkanes of at least 4 members (excludes halogenated alkanes) is 1. The minimum atomic E-state index is 0.342. The summed E-state index contributed by atoms with van der Waals surface area (Å²) in [5.74, 6) is 0.851. The van der Waals surface area contributed by atoms with Gasteiger partial charge in [0.1, 0.15) is 0 Å². The van der Waals surface area contributed by atoms with Gasteiger partial charge in [-0.25, -0.2) is 4.68 Å². The Morgan fingerprint density at radius 2 is 2.07 bits per heavy atom. The molecule has 0 saturated heterocycles. The largest absolute Gasteiger partial charge is 0.493 e. The topological polar surface area (TPSA) is 38.0 Å². The van der Waals surface area contributed by atoms with Crippen LogP contribution in [0, 0.1) is 12.8 Å². The molecule has 0 aromatic carbocycles. The maximum Gasteiger partial charge on any atom is 0.212 e. The van der Waals surface area contributed by atoms with Crippen molar-refractivity contribution < 1.29 is 5.11 Å². The van der Waals surface area contributed by atoms with E-state index in [1.165, 1.54) is 0 Å². The average Bonchev–Trinajstić information content (AvgIpc) is 2.42. The maximum absolute atomic E-state index is 9.87. The van der Waals surface area contributed by atoms with Gasteiger partial charge in [0, 0.05) is 12.1 Å². The second-order valence-corrected chi connectivity index (χ2v) is 4.57. The molecule has 1 aromatic rings. The monoisotopic (exact) mass is 210 g/mol. The van der Waals surface area contributed by atoms with Gasteiger partial charge in [-0.1, -0.05) is 27.2 Å². The van der Waals surface area contributed by atoms with Crippen LogP contribution < -0.4 is 0 Å². The van der Waals surface area contributed by atoms with Crippen LogP contribution in [-0.4, -0.2) is 14.9 Å². The third-order valence-corrected chi connectivity index (χ3v) is 2.56. The molecule has 0 saturated carbocycles. The van der Waals surface area contributed by atoms with E-state index < -0.39 is 0 Å². The summed E-state index contributed by atoms with van der Waals surface area (Å²) in [7, 11) is 0. The Kier molecular flexibility index (Phi) is 4.18. The predicted octanol–water partition coefficient (Wildman–Crippen LogP) is 2.90. The van der Waals surface area contributed by atoms with Gasteiger partial charge in [0.05, 0.1) is 5.69 Å². The van der Waals surface area contributed by atoms with E-state index in [9.17, 15) is 5.11 Å². The molecule has 1 N–H and O–H groups in total. The fourth-order valence-electron chi connectivity index (χ4n) is 1.65. The Balaban J connectivity index is 2.81. The molecule has 0 radical (unpaired) electrons. The zero-order chi connectivity index (χ0) is 11.4. The number of aromatic hydroxyl groups is 1. The van der Waals surface area contributed by atoms with Crippen LogP contribution in [0.3, 0.4) is 0 Å². The molecule has 86 valence electrons. The minimum absolute atomic E-state index is 0.342. The van der Waals surface area contributed by atoms with Crippen molar-refractivity contribution in [1.82, 2.24) is 9.78 Å².